The molecule has 10 unspecified atom stereocenters. The molecule has 3 fully saturated rings. The van der Waals surface area contributed by atoms with Crippen LogP contribution in [0, 0.1) is 23.7 Å². The second-order valence-electron chi connectivity index (χ2n) is 21.7. The maximum Gasteiger partial charge on any atom is 0.302 e. The van der Waals surface area contributed by atoms with Crippen molar-refractivity contribution >= 4 is 33.6 Å². The lowest BCUT2D eigenvalue weighted by molar-refractivity contribution is -0.141. The zero-order valence-electron chi connectivity index (χ0n) is 41.9. The van der Waals surface area contributed by atoms with Crippen LogP contribution in [-0.4, -0.2) is 72.3 Å². The average molecular weight is 1020 g/mol. The number of benzene rings is 4. The van der Waals surface area contributed by atoms with E-state index in [1.54, 1.807) is 13.2 Å². The zero-order valence-corrected chi connectivity index (χ0v) is 43.6. The van der Waals surface area contributed by atoms with Crippen molar-refractivity contribution in [2.75, 3.05) is 26.5 Å². The van der Waals surface area contributed by atoms with Crippen LogP contribution in [0.15, 0.2) is 84.1 Å². The van der Waals surface area contributed by atoms with Crippen LogP contribution in [0.3, 0.4) is 0 Å². The van der Waals surface area contributed by atoms with Crippen LogP contribution in [0.4, 0.5) is 0 Å². The molecule has 0 amide bonds. The molecule has 10 atom stereocenters. The van der Waals surface area contributed by atoms with Crippen LogP contribution in [0.2, 0.25) is 0 Å². The molecule has 73 heavy (non-hydrogen) atoms. The number of aromatic hydroxyl groups is 2. The molecule has 13 heteroatoms. The summed E-state index contributed by atoms with van der Waals surface area (Å²) < 4.78 is 27.5. The highest BCUT2D eigenvalue weighted by molar-refractivity contribution is 8.77. The minimum absolute atomic E-state index is 0.0317. The number of hydrogen-bond acceptors (Lipinski definition) is 13. The number of phenols is 2. The molecule has 8 aliphatic rings. The summed E-state index contributed by atoms with van der Waals surface area (Å²) in [6, 6.07) is 18.8. The quantitative estimate of drug-likeness (QED) is 0.0592. The Labute approximate surface area is 436 Å². The highest BCUT2D eigenvalue weighted by atomic mass is 33.1. The van der Waals surface area contributed by atoms with Crippen LogP contribution in [0.25, 0.3) is 17.2 Å². The smallest absolute Gasteiger partial charge is 0.302 e. The summed E-state index contributed by atoms with van der Waals surface area (Å²) >= 11 is 0. The number of esters is 1. The number of fused-ring (bicyclic) bond motifs is 11. The van der Waals surface area contributed by atoms with Crippen molar-refractivity contribution < 1.29 is 34.0 Å². The van der Waals surface area contributed by atoms with E-state index < -0.39 is 12.0 Å². The monoisotopic (exact) mass is 1020 g/mol. The third-order valence-corrected chi connectivity index (χ3v) is 20.0. The van der Waals surface area contributed by atoms with E-state index in [1.807, 2.05) is 40.8 Å². The molecule has 11 nitrogen and oxygen atoms in total. The first kappa shape index (κ1) is 48.4. The molecule has 5 aliphatic heterocycles. The highest BCUT2D eigenvalue weighted by Crippen LogP contribution is 2.63. The van der Waals surface area contributed by atoms with Gasteiger partial charge in [-0.2, -0.15) is 0 Å². The fraction of sp³-hybridized carbons (Fsp3) is 0.450. The first-order valence-electron chi connectivity index (χ1n) is 26.4. The summed E-state index contributed by atoms with van der Waals surface area (Å²) in [6.45, 7) is 1.87. The van der Waals surface area contributed by atoms with E-state index in [-0.39, 0.29) is 59.5 Å². The van der Waals surface area contributed by atoms with E-state index in [0.29, 0.717) is 47.9 Å². The Morgan fingerprint density at radius 1 is 1.04 bits per heavy atom. The van der Waals surface area contributed by atoms with Crippen molar-refractivity contribution in [2.45, 2.75) is 131 Å². The first-order chi connectivity index (χ1) is 35.6. The summed E-state index contributed by atoms with van der Waals surface area (Å²) in [5.41, 5.74) is 17.7. The summed E-state index contributed by atoms with van der Waals surface area (Å²) in [5.74, 6) is 10.6. The van der Waals surface area contributed by atoms with Gasteiger partial charge in [0.2, 0.25) is 0 Å². The molecule has 3 aliphatic carbocycles. The van der Waals surface area contributed by atoms with Gasteiger partial charge in [-0.3, -0.25) is 4.79 Å². The Hall–Kier alpha value is -5.49. The SMILES string of the molecule is CNCc1c(O)c2c(c3c1CC#CC1=C(C=CC(N)N1)CC1CCC4(Cc5cc(O)cc(OC)c5-c5ccc6c(c54)OC3C6COC(C)=O)C1)C=CC1NC3CCCC(CSSC(Cc4ccccc4)C1O2)C3. The lowest BCUT2D eigenvalue weighted by Gasteiger charge is -2.39. The Morgan fingerprint density at radius 3 is 2.75 bits per heavy atom. The number of methoxy groups -OCH3 is 1. The Morgan fingerprint density at radius 2 is 1.92 bits per heavy atom. The van der Waals surface area contributed by atoms with Crippen molar-refractivity contribution in [3.8, 4) is 51.7 Å². The molecule has 0 aromatic heterocycles. The number of carbonyl (C=O) groups excluding carboxylic acids is 1. The van der Waals surface area contributed by atoms with Gasteiger partial charge in [-0.05, 0) is 123 Å². The average Bonchev–Trinajstić information content (AvgIpc) is 3.89. The van der Waals surface area contributed by atoms with Crippen LogP contribution < -0.4 is 35.9 Å². The van der Waals surface area contributed by atoms with E-state index in [9.17, 15) is 15.0 Å². The third kappa shape index (κ3) is 8.99. The van der Waals surface area contributed by atoms with Crippen LogP contribution in [0.1, 0.15) is 115 Å². The third-order valence-electron chi connectivity index (χ3n) is 17.0. The highest BCUT2D eigenvalue weighted by Gasteiger charge is 2.52. The van der Waals surface area contributed by atoms with E-state index >= 15 is 0 Å². The number of rotatable bonds is 7. The molecule has 380 valence electrons. The zero-order chi connectivity index (χ0) is 50.0. The van der Waals surface area contributed by atoms with Crippen molar-refractivity contribution in [3.63, 3.8) is 0 Å². The number of carbonyl (C=O) groups is 1. The Balaban J connectivity index is 1.10. The lowest BCUT2D eigenvalue weighted by Crippen LogP contribution is -2.52. The molecular formula is C60H66N4O7S2. The summed E-state index contributed by atoms with van der Waals surface area (Å²) in [5, 5.41) is 35.2. The van der Waals surface area contributed by atoms with Crippen molar-refractivity contribution in [1.29, 1.82) is 0 Å². The van der Waals surface area contributed by atoms with Gasteiger partial charge in [0.1, 0.15) is 36.1 Å². The van der Waals surface area contributed by atoms with Gasteiger partial charge in [-0.25, -0.2) is 0 Å². The fourth-order valence-corrected chi connectivity index (χ4v) is 17.1. The van der Waals surface area contributed by atoms with Gasteiger partial charge in [0.05, 0.1) is 36.2 Å². The minimum Gasteiger partial charge on any atom is -0.508 e. The van der Waals surface area contributed by atoms with Gasteiger partial charge >= 0.3 is 5.97 Å². The lowest BCUT2D eigenvalue weighted by atomic mass is 9.65. The van der Waals surface area contributed by atoms with Gasteiger partial charge in [-0.15, -0.1) is 0 Å². The molecular weight excluding hydrogens is 953 g/mol. The number of allylic oxidation sites excluding steroid dienone is 3. The van der Waals surface area contributed by atoms with Gasteiger partial charge < -0.3 is 50.8 Å². The second-order valence-corrected chi connectivity index (χ2v) is 24.3. The second kappa shape index (κ2) is 20.0. The molecule has 4 aromatic carbocycles. The number of ether oxygens (including phenoxy) is 4. The predicted molar refractivity (Wildman–Crippen MR) is 290 cm³/mol. The summed E-state index contributed by atoms with van der Waals surface area (Å²) in [7, 11) is 7.45. The molecule has 2 saturated carbocycles. The number of nitrogens with one attached hydrogen (secondary N) is 3. The molecule has 7 N–H and O–H groups in total. The van der Waals surface area contributed by atoms with Crippen molar-refractivity contribution in [2.24, 2.45) is 17.6 Å². The van der Waals surface area contributed by atoms with Gasteiger partial charge in [-0.1, -0.05) is 94.6 Å². The van der Waals surface area contributed by atoms with Gasteiger partial charge in [0.25, 0.3) is 0 Å². The topological polar surface area (TPSA) is 157 Å². The maximum absolute atomic E-state index is 13.0. The summed E-state index contributed by atoms with van der Waals surface area (Å²) in [6.07, 6.45) is 17.3. The van der Waals surface area contributed by atoms with Crippen LogP contribution in [0.5, 0.6) is 28.7 Å². The molecule has 4 aromatic rings. The molecule has 5 heterocycles. The van der Waals surface area contributed by atoms with E-state index in [0.717, 1.165) is 112 Å². The largest absolute Gasteiger partial charge is 0.508 e. The molecule has 0 radical (unpaired) electrons. The minimum atomic E-state index is -0.675. The first-order valence-corrected chi connectivity index (χ1v) is 28.7. The fourth-order valence-electron chi connectivity index (χ4n) is 13.9. The van der Waals surface area contributed by atoms with E-state index in [4.69, 9.17) is 24.7 Å². The molecule has 1 spiro atoms. The number of hydrogen-bond donors (Lipinski definition) is 6. The normalized spacial score (nSPS) is 29.3. The van der Waals surface area contributed by atoms with E-state index in [1.165, 1.54) is 25.3 Å². The van der Waals surface area contributed by atoms with Crippen molar-refractivity contribution in [1.82, 2.24) is 16.0 Å². The van der Waals surface area contributed by atoms with Crippen LogP contribution in [-0.2, 0) is 40.8 Å². The number of nitrogens with two attached hydrogens (primary N) is 1. The Bertz CT molecular complexity index is 3000. The van der Waals surface area contributed by atoms with Gasteiger partial charge in [0, 0.05) is 76.5 Å². The standard InChI is InChI=1S/C60H66N4O7S2/c1-33(65)69-31-46-42-16-17-43-52-38(26-40(66)27-49(52)68-3)29-60-22-21-35(28-60)23-37-15-20-51(61)64-47(37)14-8-13-41-45(30-62-2)55(67)58-44(53(41)56(46)70-57(42)54(43)60)18-19-48-59(71-58)50(25-34-9-5-4-6-10-34)73-72-32-36-11-7-12-39(24-36)63-48/h4-6,9-10,15-20,26-27,35-36,39,46,48,50-51,56,59,62-64,66-67H,7,11-13,21-25,28-32,61H2,1-3H3. The Kier molecular flexibility index (Phi) is 13.3. The van der Waals surface area contributed by atoms with E-state index in [2.05, 4.69) is 88.5 Å². The molecule has 6 bridgehead atoms. The maximum atomic E-state index is 13.0. The number of dihydropyridines is 1. The summed E-state index contributed by atoms with van der Waals surface area (Å²) in [4.78, 5) is 13.0. The predicted octanol–water partition coefficient (Wildman–Crippen LogP) is 9.81. The molecule has 1 saturated heterocycles. The number of phenolic OH excluding ortho intramolecular Hbond substituents is 2. The van der Waals surface area contributed by atoms with Gasteiger partial charge in [0.15, 0.2) is 11.5 Å². The molecule has 12 rings (SSSR count). The van der Waals surface area contributed by atoms with Crippen LogP contribution >= 0.6 is 21.6 Å². The van der Waals surface area contributed by atoms with Crippen molar-refractivity contribution in [3.05, 3.63) is 129 Å².